The third-order valence-electron chi connectivity index (χ3n) is 3.55. The SMILES string of the molecule is CNC(C)(CO)c1ccc2cc(OC)ccc2c1. The standard InChI is InChI=1S/C15H19NO2/c1-15(10-17,16-2)13-6-4-12-9-14(18-3)7-5-11(12)8-13/h4-9,16-17H,10H2,1-3H3. The summed E-state index contributed by atoms with van der Waals surface area (Å²) in [7, 11) is 3.52. The average molecular weight is 245 g/mol. The average Bonchev–Trinajstić information content (AvgIpc) is 2.45. The maximum Gasteiger partial charge on any atom is 0.119 e. The molecule has 2 aromatic carbocycles. The highest BCUT2D eigenvalue weighted by Gasteiger charge is 2.23. The Hall–Kier alpha value is -1.58. The molecule has 0 aliphatic carbocycles. The first-order valence-electron chi connectivity index (χ1n) is 6.01. The van der Waals surface area contributed by atoms with Crippen LogP contribution in [-0.2, 0) is 5.54 Å². The largest absolute Gasteiger partial charge is 0.497 e. The summed E-state index contributed by atoms with van der Waals surface area (Å²) in [4.78, 5) is 0. The second-order valence-corrected chi connectivity index (χ2v) is 4.67. The number of benzene rings is 2. The Morgan fingerprint density at radius 3 is 2.44 bits per heavy atom. The summed E-state index contributed by atoms with van der Waals surface area (Å²) in [5.41, 5.74) is 0.666. The number of aliphatic hydroxyl groups is 1. The lowest BCUT2D eigenvalue weighted by molar-refractivity contribution is 0.183. The predicted molar refractivity (Wildman–Crippen MR) is 74.0 cm³/mol. The minimum atomic E-state index is -0.409. The van der Waals surface area contributed by atoms with E-state index in [1.165, 1.54) is 0 Å². The topological polar surface area (TPSA) is 41.5 Å². The second-order valence-electron chi connectivity index (χ2n) is 4.67. The van der Waals surface area contributed by atoms with Gasteiger partial charge in [0.25, 0.3) is 0 Å². The third-order valence-corrected chi connectivity index (χ3v) is 3.55. The number of likely N-dealkylation sites (N-methyl/N-ethyl adjacent to an activating group) is 1. The molecule has 0 aliphatic rings. The Morgan fingerprint density at radius 2 is 1.83 bits per heavy atom. The molecular formula is C15H19NO2. The molecule has 0 saturated heterocycles. The molecule has 0 fully saturated rings. The van der Waals surface area contributed by atoms with Crippen molar-refractivity contribution in [3.8, 4) is 5.75 Å². The van der Waals surface area contributed by atoms with Crippen molar-refractivity contribution < 1.29 is 9.84 Å². The first-order chi connectivity index (χ1) is 8.62. The molecule has 0 spiro atoms. The molecule has 0 aromatic heterocycles. The van der Waals surface area contributed by atoms with Crippen molar-refractivity contribution in [2.75, 3.05) is 20.8 Å². The van der Waals surface area contributed by atoms with Gasteiger partial charge in [-0.25, -0.2) is 0 Å². The van der Waals surface area contributed by atoms with Crippen molar-refractivity contribution >= 4 is 10.8 Å². The van der Waals surface area contributed by atoms with Crippen LogP contribution in [-0.4, -0.2) is 25.9 Å². The van der Waals surface area contributed by atoms with E-state index in [1.54, 1.807) is 7.11 Å². The number of rotatable bonds is 4. The Morgan fingerprint density at radius 1 is 1.17 bits per heavy atom. The van der Waals surface area contributed by atoms with Crippen LogP contribution in [0.25, 0.3) is 10.8 Å². The predicted octanol–water partition coefficient (Wildman–Crippen LogP) is 2.28. The lowest BCUT2D eigenvalue weighted by Crippen LogP contribution is -2.40. The van der Waals surface area contributed by atoms with Crippen molar-refractivity contribution in [1.82, 2.24) is 5.32 Å². The maximum absolute atomic E-state index is 9.51. The molecule has 2 rings (SSSR count). The fourth-order valence-electron chi connectivity index (χ4n) is 2.01. The number of nitrogens with one attached hydrogen (secondary N) is 1. The molecule has 2 N–H and O–H groups in total. The van der Waals surface area contributed by atoms with Gasteiger partial charge >= 0.3 is 0 Å². The summed E-state index contributed by atoms with van der Waals surface area (Å²) >= 11 is 0. The van der Waals surface area contributed by atoms with Crippen LogP contribution in [0.3, 0.4) is 0 Å². The molecule has 0 radical (unpaired) electrons. The van der Waals surface area contributed by atoms with Gasteiger partial charge in [-0.05, 0) is 48.5 Å². The number of aliphatic hydroxyl groups excluding tert-OH is 1. The van der Waals surface area contributed by atoms with Gasteiger partial charge in [-0.2, -0.15) is 0 Å². The second kappa shape index (κ2) is 4.96. The van der Waals surface area contributed by atoms with Crippen molar-refractivity contribution in [2.45, 2.75) is 12.5 Å². The Balaban J connectivity index is 2.51. The van der Waals surface area contributed by atoms with Gasteiger partial charge < -0.3 is 15.2 Å². The van der Waals surface area contributed by atoms with Gasteiger partial charge in [0.1, 0.15) is 5.75 Å². The van der Waals surface area contributed by atoms with E-state index in [9.17, 15) is 5.11 Å². The molecular weight excluding hydrogens is 226 g/mol. The lowest BCUT2D eigenvalue weighted by Gasteiger charge is -2.27. The first kappa shape index (κ1) is 12.9. The minimum absolute atomic E-state index is 0.0607. The molecule has 96 valence electrons. The van der Waals surface area contributed by atoms with E-state index < -0.39 is 5.54 Å². The van der Waals surface area contributed by atoms with Crippen LogP contribution in [0.1, 0.15) is 12.5 Å². The lowest BCUT2D eigenvalue weighted by atomic mass is 9.91. The molecule has 3 heteroatoms. The van der Waals surface area contributed by atoms with Crippen LogP contribution >= 0.6 is 0 Å². The summed E-state index contributed by atoms with van der Waals surface area (Å²) in [6.07, 6.45) is 0. The van der Waals surface area contributed by atoms with E-state index in [1.807, 2.05) is 38.2 Å². The van der Waals surface area contributed by atoms with E-state index >= 15 is 0 Å². The fraction of sp³-hybridized carbons (Fsp3) is 0.333. The third kappa shape index (κ3) is 2.19. The quantitative estimate of drug-likeness (QED) is 0.868. The number of fused-ring (bicyclic) bond motifs is 1. The van der Waals surface area contributed by atoms with E-state index in [0.717, 1.165) is 22.1 Å². The van der Waals surface area contributed by atoms with E-state index in [0.29, 0.717) is 0 Å². The van der Waals surface area contributed by atoms with E-state index in [4.69, 9.17) is 4.74 Å². The maximum atomic E-state index is 9.51. The number of hydrogen-bond acceptors (Lipinski definition) is 3. The Kier molecular flexibility index (Phi) is 3.55. The molecule has 18 heavy (non-hydrogen) atoms. The van der Waals surface area contributed by atoms with Crippen molar-refractivity contribution in [2.24, 2.45) is 0 Å². The van der Waals surface area contributed by atoms with Crippen LogP contribution in [0.15, 0.2) is 36.4 Å². The minimum Gasteiger partial charge on any atom is -0.497 e. The summed E-state index contributed by atoms with van der Waals surface area (Å²) in [6, 6.07) is 12.2. The molecule has 0 heterocycles. The first-order valence-corrected chi connectivity index (χ1v) is 6.01. The van der Waals surface area contributed by atoms with Gasteiger partial charge in [0.15, 0.2) is 0 Å². The Bertz CT molecular complexity index is 547. The fourth-order valence-corrected chi connectivity index (χ4v) is 2.01. The highest BCUT2D eigenvalue weighted by molar-refractivity contribution is 5.84. The zero-order chi connectivity index (χ0) is 13.2. The van der Waals surface area contributed by atoms with E-state index in [2.05, 4.69) is 17.4 Å². The summed E-state index contributed by atoms with van der Waals surface area (Å²) in [5, 5.41) is 14.9. The zero-order valence-corrected chi connectivity index (χ0v) is 11.0. The van der Waals surface area contributed by atoms with E-state index in [-0.39, 0.29) is 6.61 Å². The monoisotopic (exact) mass is 245 g/mol. The molecule has 0 amide bonds. The van der Waals surface area contributed by atoms with Crippen LogP contribution in [0, 0.1) is 0 Å². The van der Waals surface area contributed by atoms with Crippen LogP contribution in [0.4, 0.5) is 0 Å². The normalized spacial score (nSPS) is 14.4. The summed E-state index contributed by atoms with van der Waals surface area (Å²) < 4.78 is 5.21. The summed E-state index contributed by atoms with van der Waals surface area (Å²) in [6.45, 7) is 2.04. The molecule has 3 nitrogen and oxygen atoms in total. The van der Waals surface area contributed by atoms with Gasteiger partial charge in [0.2, 0.25) is 0 Å². The number of hydrogen-bond donors (Lipinski definition) is 2. The molecule has 1 atom stereocenters. The van der Waals surface area contributed by atoms with Crippen molar-refractivity contribution in [1.29, 1.82) is 0 Å². The highest BCUT2D eigenvalue weighted by Crippen LogP contribution is 2.26. The molecule has 1 unspecified atom stereocenters. The van der Waals surface area contributed by atoms with Crippen LogP contribution in [0.2, 0.25) is 0 Å². The smallest absolute Gasteiger partial charge is 0.119 e. The van der Waals surface area contributed by atoms with Crippen LogP contribution in [0.5, 0.6) is 5.75 Å². The van der Waals surface area contributed by atoms with Gasteiger partial charge in [-0.15, -0.1) is 0 Å². The number of ether oxygens (including phenoxy) is 1. The van der Waals surface area contributed by atoms with Crippen molar-refractivity contribution in [3.63, 3.8) is 0 Å². The van der Waals surface area contributed by atoms with Crippen molar-refractivity contribution in [3.05, 3.63) is 42.0 Å². The molecule has 0 saturated carbocycles. The van der Waals surface area contributed by atoms with Gasteiger partial charge in [0, 0.05) is 0 Å². The highest BCUT2D eigenvalue weighted by atomic mass is 16.5. The summed E-state index contributed by atoms with van der Waals surface area (Å²) in [5.74, 6) is 0.855. The number of methoxy groups -OCH3 is 1. The molecule has 0 bridgehead atoms. The van der Waals surface area contributed by atoms with Crippen LogP contribution < -0.4 is 10.1 Å². The van der Waals surface area contributed by atoms with Gasteiger partial charge in [-0.1, -0.05) is 18.2 Å². The van der Waals surface area contributed by atoms with Gasteiger partial charge in [0.05, 0.1) is 19.3 Å². The molecule has 2 aromatic rings. The molecule has 0 aliphatic heterocycles. The zero-order valence-electron chi connectivity index (χ0n) is 11.0. The Labute approximate surface area is 107 Å². The van der Waals surface area contributed by atoms with Gasteiger partial charge in [-0.3, -0.25) is 0 Å².